The van der Waals surface area contributed by atoms with Gasteiger partial charge in [0.05, 0.1) is 0 Å². The van der Waals surface area contributed by atoms with E-state index in [0.717, 1.165) is 0 Å². The number of nitrogens with two attached hydrogens (primary N) is 2. The Morgan fingerprint density at radius 1 is 1.38 bits per heavy atom. The summed E-state index contributed by atoms with van der Waals surface area (Å²) < 4.78 is 13.3. The largest absolute Gasteiger partial charge is 0.402 e. The summed E-state index contributed by atoms with van der Waals surface area (Å²) in [6, 6.07) is 4.81. The van der Waals surface area contributed by atoms with Gasteiger partial charge in [0.25, 0.3) is 0 Å². The quantitative estimate of drug-likeness (QED) is 0.759. The standard InChI is InChI=1S/C12H15FN2O/c1-7-3-4-9(6-11(7)13)5-10(8(2)14)12(15)16/h3-4,6H,5,14H2,1-2H3,(H2,15,16)/b10-8-. The maximum absolute atomic E-state index is 13.3. The fourth-order valence-electron chi connectivity index (χ4n) is 1.37. The van der Waals surface area contributed by atoms with Crippen molar-refractivity contribution in [1.82, 2.24) is 0 Å². The van der Waals surface area contributed by atoms with E-state index in [1.54, 1.807) is 26.0 Å². The molecule has 1 rings (SSSR count). The van der Waals surface area contributed by atoms with E-state index < -0.39 is 5.91 Å². The molecule has 0 bridgehead atoms. The number of rotatable bonds is 3. The summed E-state index contributed by atoms with van der Waals surface area (Å²) in [6.07, 6.45) is 0.259. The van der Waals surface area contributed by atoms with Crippen LogP contribution in [0.1, 0.15) is 18.1 Å². The van der Waals surface area contributed by atoms with Crippen LogP contribution in [0, 0.1) is 12.7 Å². The van der Waals surface area contributed by atoms with Crippen LogP contribution in [0.5, 0.6) is 0 Å². The lowest BCUT2D eigenvalue weighted by molar-refractivity contribution is -0.114. The summed E-state index contributed by atoms with van der Waals surface area (Å²) in [5, 5.41) is 0. The molecule has 0 spiro atoms. The molecule has 0 saturated carbocycles. The average molecular weight is 222 g/mol. The van der Waals surface area contributed by atoms with Crippen molar-refractivity contribution in [3.8, 4) is 0 Å². The third kappa shape index (κ3) is 2.82. The van der Waals surface area contributed by atoms with Gasteiger partial charge in [-0.15, -0.1) is 0 Å². The first-order valence-electron chi connectivity index (χ1n) is 4.92. The van der Waals surface area contributed by atoms with Crippen molar-refractivity contribution in [2.75, 3.05) is 0 Å². The predicted molar refractivity (Wildman–Crippen MR) is 60.9 cm³/mol. The third-order valence-electron chi connectivity index (χ3n) is 2.39. The minimum absolute atomic E-state index is 0.259. The van der Waals surface area contributed by atoms with E-state index in [2.05, 4.69) is 0 Å². The Morgan fingerprint density at radius 2 is 2.00 bits per heavy atom. The molecule has 1 amide bonds. The summed E-state index contributed by atoms with van der Waals surface area (Å²) in [6.45, 7) is 3.28. The zero-order valence-electron chi connectivity index (χ0n) is 9.38. The highest BCUT2D eigenvalue weighted by Crippen LogP contribution is 2.14. The lowest BCUT2D eigenvalue weighted by Crippen LogP contribution is -2.19. The molecule has 0 aliphatic carbocycles. The van der Waals surface area contributed by atoms with Gasteiger partial charge in [-0.3, -0.25) is 4.79 Å². The van der Waals surface area contributed by atoms with Crippen LogP contribution in [0.2, 0.25) is 0 Å². The normalized spacial score (nSPS) is 12.2. The van der Waals surface area contributed by atoms with Crippen molar-refractivity contribution in [3.63, 3.8) is 0 Å². The van der Waals surface area contributed by atoms with E-state index >= 15 is 0 Å². The molecule has 0 aliphatic heterocycles. The number of carbonyl (C=O) groups is 1. The highest BCUT2D eigenvalue weighted by molar-refractivity contribution is 5.93. The van der Waals surface area contributed by atoms with Gasteiger partial charge in [-0.05, 0) is 31.0 Å². The number of hydrogen-bond acceptors (Lipinski definition) is 2. The molecule has 0 saturated heterocycles. The SMILES string of the molecule is C/C(N)=C(\Cc1ccc(C)c(F)c1)C(N)=O. The van der Waals surface area contributed by atoms with Crippen LogP contribution in [0.4, 0.5) is 4.39 Å². The van der Waals surface area contributed by atoms with Crippen molar-refractivity contribution < 1.29 is 9.18 Å². The number of carbonyl (C=O) groups excluding carboxylic acids is 1. The second-order valence-electron chi connectivity index (χ2n) is 3.79. The summed E-state index contributed by atoms with van der Waals surface area (Å²) in [7, 11) is 0. The van der Waals surface area contributed by atoms with Gasteiger partial charge in [0, 0.05) is 17.7 Å². The fourth-order valence-corrected chi connectivity index (χ4v) is 1.37. The number of allylic oxidation sites excluding steroid dienone is 1. The molecule has 3 nitrogen and oxygen atoms in total. The molecule has 86 valence electrons. The summed E-state index contributed by atoms with van der Waals surface area (Å²) >= 11 is 0. The van der Waals surface area contributed by atoms with Crippen LogP contribution in [-0.2, 0) is 11.2 Å². The molecule has 0 aromatic heterocycles. The maximum atomic E-state index is 13.3. The van der Waals surface area contributed by atoms with E-state index in [0.29, 0.717) is 22.4 Å². The van der Waals surface area contributed by atoms with E-state index in [1.165, 1.54) is 6.07 Å². The third-order valence-corrected chi connectivity index (χ3v) is 2.39. The molecule has 1 aromatic rings. The number of amides is 1. The molecule has 1 aromatic carbocycles. The predicted octanol–water partition coefficient (Wildman–Crippen LogP) is 1.39. The Bertz CT molecular complexity index is 448. The molecule has 4 heteroatoms. The monoisotopic (exact) mass is 222 g/mol. The fraction of sp³-hybridized carbons (Fsp3) is 0.250. The summed E-state index contributed by atoms with van der Waals surface area (Å²) in [4.78, 5) is 11.1. The van der Waals surface area contributed by atoms with Gasteiger partial charge >= 0.3 is 0 Å². The van der Waals surface area contributed by atoms with Gasteiger partial charge in [-0.1, -0.05) is 12.1 Å². The number of hydrogen-bond donors (Lipinski definition) is 2. The molecular formula is C12H15FN2O. The van der Waals surface area contributed by atoms with Gasteiger partial charge < -0.3 is 11.5 Å². The van der Waals surface area contributed by atoms with Crippen LogP contribution < -0.4 is 11.5 Å². The van der Waals surface area contributed by atoms with Crippen molar-refractivity contribution in [3.05, 3.63) is 46.4 Å². The number of halogens is 1. The van der Waals surface area contributed by atoms with E-state index in [9.17, 15) is 9.18 Å². The molecule has 16 heavy (non-hydrogen) atoms. The molecule has 0 radical (unpaired) electrons. The minimum atomic E-state index is -0.569. The zero-order valence-corrected chi connectivity index (χ0v) is 9.38. The lowest BCUT2D eigenvalue weighted by atomic mass is 10.0. The van der Waals surface area contributed by atoms with E-state index in [4.69, 9.17) is 11.5 Å². The van der Waals surface area contributed by atoms with Gasteiger partial charge in [-0.2, -0.15) is 0 Å². The Kier molecular flexibility index (Phi) is 3.66. The molecule has 0 atom stereocenters. The summed E-state index contributed by atoms with van der Waals surface area (Å²) in [5.74, 6) is -0.864. The number of benzene rings is 1. The van der Waals surface area contributed by atoms with Crippen molar-refractivity contribution >= 4 is 5.91 Å². The highest BCUT2D eigenvalue weighted by Gasteiger charge is 2.09. The number of primary amides is 1. The molecule has 0 fully saturated rings. The second-order valence-corrected chi connectivity index (χ2v) is 3.79. The van der Waals surface area contributed by atoms with Gasteiger partial charge in [-0.25, -0.2) is 4.39 Å². The highest BCUT2D eigenvalue weighted by atomic mass is 19.1. The molecule has 0 aliphatic rings. The Morgan fingerprint density at radius 3 is 2.44 bits per heavy atom. The van der Waals surface area contributed by atoms with Crippen molar-refractivity contribution in [2.24, 2.45) is 11.5 Å². The Hall–Kier alpha value is -1.84. The van der Waals surface area contributed by atoms with Crippen molar-refractivity contribution in [1.29, 1.82) is 0 Å². The van der Waals surface area contributed by atoms with Crippen LogP contribution in [0.25, 0.3) is 0 Å². The zero-order chi connectivity index (χ0) is 12.3. The maximum Gasteiger partial charge on any atom is 0.246 e. The minimum Gasteiger partial charge on any atom is -0.402 e. The summed E-state index contributed by atoms with van der Waals surface area (Å²) in [5.41, 5.74) is 12.7. The first-order chi connectivity index (χ1) is 7.41. The van der Waals surface area contributed by atoms with E-state index in [1.807, 2.05) is 0 Å². The van der Waals surface area contributed by atoms with Gasteiger partial charge in [0.1, 0.15) is 5.82 Å². The molecule has 0 heterocycles. The topological polar surface area (TPSA) is 69.1 Å². The average Bonchev–Trinajstić information content (AvgIpc) is 2.18. The van der Waals surface area contributed by atoms with Crippen LogP contribution in [0.15, 0.2) is 29.5 Å². The Labute approximate surface area is 93.9 Å². The van der Waals surface area contributed by atoms with Gasteiger partial charge in [0.2, 0.25) is 5.91 Å². The van der Waals surface area contributed by atoms with Gasteiger partial charge in [0.15, 0.2) is 0 Å². The Balaban J connectivity index is 3.00. The lowest BCUT2D eigenvalue weighted by Gasteiger charge is -2.07. The number of aryl methyl sites for hydroxylation is 1. The van der Waals surface area contributed by atoms with E-state index in [-0.39, 0.29) is 12.2 Å². The molecule has 4 N–H and O–H groups in total. The smallest absolute Gasteiger partial charge is 0.246 e. The molecular weight excluding hydrogens is 207 g/mol. The van der Waals surface area contributed by atoms with Crippen LogP contribution in [0.3, 0.4) is 0 Å². The van der Waals surface area contributed by atoms with Crippen molar-refractivity contribution in [2.45, 2.75) is 20.3 Å². The first-order valence-corrected chi connectivity index (χ1v) is 4.92. The second kappa shape index (κ2) is 4.79. The molecule has 0 unspecified atom stereocenters. The van der Waals surface area contributed by atoms with Crippen LogP contribution in [-0.4, -0.2) is 5.91 Å². The first kappa shape index (κ1) is 12.2. The van der Waals surface area contributed by atoms with Crippen LogP contribution >= 0.6 is 0 Å².